The van der Waals surface area contributed by atoms with Gasteiger partial charge in [-0.1, -0.05) is 0 Å². The topological polar surface area (TPSA) is 90.2 Å². The quantitative estimate of drug-likeness (QED) is 0.422. The van der Waals surface area contributed by atoms with Gasteiger partial charge in [-0.15, -0.1) is 0 Å². The summed E-state index contributed by atoms with van der Waals surface area (Å²) in [6.07, 6.45) is -2.31. The van der Waals surface area contributed by atoms with Crippen LogP contribution in [-0.4, -0.2) is 49.5 Å². The maximum Gasteiger partial charge on any atom is 0.256 e. The monoisotopic (exact) mass is 242 g/mol. The van der Waals surface area contributed by atoms with Gasteiger partial charge in [-0.3, -0.25) is 0 Å². The second-order valence-electron chi connectivity index (χ2n) is 2.99. The summed E-state index contributed by atoms with van der Waals surface area (Å²) in [4.78, 5) is 0. The van der Waals surface area contributed by atoms with E-state index in [1.807, 2.05) is 0 Å². The minimum absolute atomic E-state index is 0.467. The van der Waals surface area contributed by atoms with Gasteiger partial charge < -0.3 is 25.2 Å². The van der Waals surface area contributed by atoms with Crippen LogP contribution in [0.4, 0.5) is 0 Å². The van der Waals surface area contributed by atoms with E-state index in [1.165, 1.54) is 6.92 Å². The fourth-order valence-electron chi connectivity index (χ4n) is 1.07. The molecule has 1 heterocycles. The van der Waals surface area contributed by atoms with E-state index in [9.17, 15) is 15.3 Å². The number of ether oxygens (including phenoxy) is 1. The summed E-state index contributed by atoms with van der Waals surface area (Å²) in [5.41, 5.74) is -1.83. The molecule has 1 aliphatic rings. The van der Waals surface area contributed by atoms with Crippen LogP contribution in [0.2, 0.25) is 0 Å². The van der Waals surface area contributed by atoms with Crippen molar-refractivity contribution in [3.63, 3.8) is 0 Å². The van der Waals surface area contributed by atoms with E-state index >= 15 is 0 Å². The van der Waals surface area contributed by atoms with Crippen molar-refractivity contribution >= 4 is 15.9 Å². The van der Waals surface area contributed by atoms with Crippen LogP contribution in [0.25, 0.3) is 0 Å². The molecule has 6 heteroatoms. The smallest absolute Gasteiger partial charge is 0.256 e. The molecule has 0 saturated carbocycles. The number of rotatable bonds is 1. The lowest BCUT2D eigenvalue weighted by Gasteiger charge is -2.28. The Hall–Kier alpha value is 0.280. The predicted octanol–water partition coefficient (Wildman–Crippen LogP) is -1.47. The Balaban J connectivity index is 2.88. The molecule has 0 radical (unpaired) electrons. The second-order valence-corrected chi connectivity index (χ2v) is 4.07. The van der Waals surface area contributed by atoms with Gasteiger partial charge in [0.2, 0.25) is 0 Å². The summed E-state index contributed by atoms with van der Waals surface area (Å²) >= 11 is 2.70. The summed E-state index contributed by atoms with van der Waals surface area (Å²) in [6, 6.07) is 0. The van der Waals surface area contributed by atoms with E-state index in [0.717, 1.165) is 0 Å². The first-order valence-electron chi connectivity index (χ1n) is 3.43. The first-order chi connectivity index (χ1) is 5.33. The van der Waals surface area contributed by atoms with Gasteiger partial charge in [0.25, 0.3) is 4.70 Å². The van der Waals surface area contributed by atoms with Crippen molar-refractivity contribution in [3.8, 4) is 0 Å². The Bertz CT molecular complexity index is 181. The Morgan fingerprint density at radius 2 is 2.00 bits per heavy atom. The predicted molar refractivity (Wildman–Crippen MR) is 42.5 cm³/mol. The van der Waals surface area contributed by atoms with E-state index in [4.69, 9.17) is 9.84 Å². The summed E-state index contributed by atoms with van der Waals surface area (Å²) in [7, 11) is 0. The van der Waals surface area contributed by atoms with Gasteiger partial charge in [0, 0.05) is 0 Å². The summed E-state index contributed by atoms with van der Waals surface area (Å²) in [6.45, 7) is 0.743. The van der Waals surface area contributed by atoms with Crippen LogP contribution in [0.15, 0.2) is 0 Å². The van der Waals surface area contributed by atoms with E-state index in [2.05, 4.69) is 15.9 Å². The molecule has 0 amide bonds. The third-order valence-electron chi connectivity index (χ3n) is 2.04. The highest BCUT2D eigenvalue weighted by Gasteiger charge is 2.60. The van der Waals surface area contributed by atoms with Gasteiger partial charge in [-0.2, -0.15) is 0 Å². The Kier molecular flexibility index (Phi) is 2.50. The van der Waals surface area contributed by atoms with Crippen molar-refractivity contribution in [2.45, 2.75) is 29.4 Å². The average molecular weight is 243 g/mol. The molecule has 0 aromatic heterocycles. The number of alkyl halides is 1. The van der Waals surface area contributed by atoms with E-state index in [0.29, 0.717) is 0 Å². The molecular formula is C6H11BrO5. The van der Waals surface area contributed by atoms with Crippen molar-refractivity contribution in [3.05, 3.63) is 0 Å². The molecule has 1 rings (SSSR count). The normalized spacial score (nSPS) is 54.5. The first-order valence-corrected chi connectivity index (χ1v) is 4.22. The highest BCUT2D eigenvalue weighted by atomic mass is 79.9. The molecule has 4 N–H and O–H groups in total. The third kappa shape index (κ3) is 1.28. The van der Waals surface area contributed by atoms with Crippen LogP contribution in [0.5, 0.6) is 0 Å². The number of halogens is 1. The van der Waals surface area contributed by atoms with Crippen molar-refractivity contribution in [1.29, 1.82) is 0 Å². The lowest BCUT2D eigenvalue weighted by molar-refractivity contribution is -0.192. The number of aliphatic hydroxyl groups excluding tert-OH is 2. The zero-order valence-corrected chi connectivity index (χ0v) is 8.02. The van der Waals surface area contributed by atoms with Crippen molar-refractivity contribution in [2.24, 2.45) is 0 Å². The number of aliphatic hydroxyl groups is 4. The van der Waals surface area contributed by atoms with Gasteiger partial charge in [-0.25, -0.2) is 0 Å². The summed E-state index contributed by atoms with van der Waals surface area (Å²) in [5.74, 6) is 0. The average Bonchev–Trinajstić information content (AvgIpc) is 2.11. The molecule has 1 saturated heterocycles. The highest BCUT2D eigenvalue weighted by molar-refractivity contribution is 9.10. The van der Waals surface area contributed by atoms with Gasteiger partial charge in [0.15, 0.2) is 5.60 Å². The molecule has 5 nitrogen and oxygen atoms in total. The molecule has 12 heavy (non-hydrogen) atoms. The second kappa shape index (κ2) is 2.90. The van der Waals surface area contributed by atoms with Gasteiger partial charge in [-0.05, 0) is 22.9 Å². The highest BCUT2D eigenvalue weighted by Crippen LogP contribution is 2.41. The van der Waals surface area contributed by atoms with Crippen molar-refractivity contribution in [2.75, 3.05) is 6.61 Å². The lowest BCUT2D eigenvalue weighted by Crippen LogP contribution is -2.50. The molecule has 72 valence electrons. The molecule has 0 aromatic rings. The molecule has 0 unspecified atom stereocenters. The zero-order valence-electron chi connectivity index (χ0n) is 6.44. The van der Waals surface area contributed by atoms with E-state index in [1.54, 1.807) is 0 Å². The Morgan fingerprint density at radius 1 is 1.50 bits per heavy atom. The maximum atomic E-state index is 9.51. The number of hydrogen-bond acceptors (Lipinski definition) is 5. The van der Waals surface area contributed by atoms with Crippen LogP contribution in [0.1, 0.15) is 6.92 Å². The first kappa shape index (κ1) is 10.4. The van der Waals surface area contributed by atoms with E-state index in [-0.39, 0.29) is 0 Å². The molecule has 0 aliphatic carbocycles. The van der Waals surface area contributed by atoms with Crippen molar-refractivity contribution in [1.82, 2.24) is 0 Å². The van der Waals surface area contributed by atoms with Crippen LogP contribution in [0.3, 0.4) is 0 Å². The van der Waals surface area contributed by atoms with Gasteiger partial charge in [0.05, 0.1) is 6.61 Å². The van der Waals surface area contributed by atoms with E-state index < -0.39 is 29.1 Å². The largest absolute Gasteiger partial charge is 0.394 e. The van der Waals surface area contributed by atoms with Crippen LogP contribution in [-0.2, 0) is 4.74 Å². The fraction of sp³-hybridized carbons (Fsp3) is 1.00. The minimum Gasteiger partial charge on any atom is -0.394 e. The molecular weight excluding hydrogens is 232 g/mol. The zero-order chi connectivity index (χ0) is 9.57. The Morgan fingerprint density at radius 3 is 2.17 bits per heavy atom. The van der Waals surface area contributed by atoms with Gasteiger partial charge >= 0.3 is 0 Å². The minimum atomic E-state index is -2.01. The van der Waals surface area contributed by atoms with Gasteiger partial charge in [0.1, 0.15) is 12.2 Å². The van der Waals surface area contributed by atoms with Crippen LogP contribution < -0.4 is 0 Å². The van der Waals surface area contributed by atoms with Crippen LogP contribution in [0, 0.1) is 0 Å². The fourth-order valence-corrected chi connectivity index (χ4v) is 1.54. The maximum absolute atomic E-state index is 9.51. The summed E-state index contributed by atoms with van der Waals surface area (Å²) in [5, 5.41) is 36.9. The molecule has 1 fully saturated rings. The third-order valence-corrected chi connectivity index (χ3v) is 3.03. The molecule has 1 aliphatic heterocycles. The standard InChI is InChI=1S/C6H11BrO5/c1-5(10)4(9)3(2-8)12-6(5,7)11/h3-4,8-11H,2H2,1H3/t3-,4-,5-,6-/m1/s1. The summed E-state index contributed by atoms with van der Waals surface area (Å²) < 4.78 is 2.74. The Labute approximate surface area is 77.7 Å². The molecule has 0 spiro atoms. The molecule has 4 atom stereocenters. The van der Waals surface area contributed by atoms with Crippen molar-refractivity contribution < 1.29 is 25.2 Å². The van der Waals surface area contributed by atoms with Crippen LogP contribution >= 0.6 is 15.9 Å². The molecule has 0 bridgehead atoms. The lowest BCUT2D eigenvalue weighted by atomic mass is 9.98. The SMILES string of the molecule is C[C@@]1(O)[C@H](O)[C@@H](CO)O[C@@]1(O)Br. The number of hydrogen-bond donors (Lipinski definition) is 4. The molecule has 0 aromatic carbocycles.